The highest BCUT2D eigenvalue weighted by molar-refractivity contribution is 5.93. The van der Waals surface area contributed by atoms with E-state index in [1.165, 1.54) is 6.07 Å². The summed E-state index contributed by atoms with van der Waals surface area (Å²) in [5.41, 5.74) is 2.57. The number of non-ortho nitro benzene ring substituents is 1. The van der Waals surface area contributed by atoms with E-state index < -0.39 is 4.92 Å². The molecule has 1 N–H and O–H groups in total. The van der Waals surface area contributed by atoms with E-state index >= 15 is 0 Å². The van der Waals surface area contributed by atoms with Crippen LogP contribution in [0, 0.1) is 17.0 Å². The lowest BCUT2D eigenvalue weighted by Gasteiger charge is -2.15. The fourth-order valence-corrected chi connectivity index (χ4v) is 2.15. The van der Waals surface area contributed by atoms with E-state index in [2.05, 4.69) is 16.9 Å². The molecular weight excluding hydrogens is 254 g/mol. The summed E-state index contributed by atoms with van der Waals surface area (Å²) in [5.74, 6) is 0. The van der Waals surface area contributed by atoms with Crippen LogP contribution < -0.4 is 5.32 Å². The third-order valence-corrected chi connectivity index (χ3v) is 3.05. The second kappa shape index (κ2) is 5.69. The van der Waals surface area contributed by atoms with Gasteiger partial charge in [-0.25, -0.2) is 0 Å². The molecular formula is C15H17N3O2. The zero-order valence-corrected chi connectivity index (χ0v) is 11.6. The largest absolute Gasteiger partial charge is 0.382 e. The quantitative estimate of drug-likeness (QED) is 0.510. The molecule has 5 nitrogen and oxygen atoms in total. The van der Waals surface area contributed by atoms with Crippen LogP contribution >= 0.6 is 0 Å². The van der Waals surface area contributed by atoms with Crippen molar-refractivity contribution in [2.24, 2.45) is 0 Å². The minimum absolute atomic E-state index is 0.0718. The van der Waals surface area contributed by atoms with E-state index in [1.54, 1.807) is 12.1 Å². The van der Waals surface area contributed by atoms with Crippen LogP contribution in [0.4, 0.5) is 11.4 Å². The third kappa shape index (κ3) is 2.93. The monoisotopic (exact) mass is 271 g/mol. The lowest BCUT2D eigenvalue weighted by atomic mass is 10.1. The first-order valence-corrected chi connectivity index (χ1v) is 6.44. The van der Waals surface area contributed by atoms with Gasteiger partial charge in [0.2, 0.25) is 0 Å². The minimum Gasteiger partial charge on any atom is -0.382 e. The molecule has 1 heterocycles. The molecule has 1 atom stereocenters. The summed E-state index contributed by atoms with van der Waals surface area (Å²) in [5, 5.41) is 15.0. The fourth-order valence-electron chi connectivity index (χ4n) is 2.15. The summed E-state index contributed by atoms with van der Waals surface area (Å²) < 4.78 is 0. The fraction of sp³-hybridized carbons (Fsp3) is 0.267. The van der Waals surface area contributed by atoms with Crippen molar-refractivity contribution in [2.45, 2.75) is 26.3 Å². The summed E-state index contributed by atoms with van der Waals surface area (Å²) in [6.07, 6.45) is 2.66. The Kier molecular flexibility index (Phi) is 3.98. The highest BCUT2D eigenvalue weighted by Gasteiger charge is 2.11. The molecule has 20 heavy (non-hydrogen) atoms. The summed E-state index contributed by atoms with van der Waals surface area (Å²) in [6.45, 7) is 7.67. The molecule has 0 radical (unpaired) electrons. The average molecular weight is 271 g/mol. The van der Waals surface area contributed by atoms with Crippen LogP contribution in [0.25, 0.3) is 10.9 Å². The van der Waals surface area contributed by atoms with Crippen LogP contribution in [-0.4, -0.2) is 15.9 Å². The molecule has 0 amide bonds. The molecule has 0 aliphatic rings. The first-order chi connectivity index (χ1) is 9.51. The molecule has 2 rings (SSSR count). The number of anilines is 1. The van der Waals surface area contributed by atoms with Crippen LogP contribution in [0.2, 0.25) is 0 Å². The molecule has 0 fully saturated rings. The number of pyridine rings is 1. The van der Waals surface area contributed by atoms with Crippen molar-refractivity contribution in [3.8, 4) is 0 Å². The van der Waals surface area contributed by atoms with Crippen molar-refractivity contribution in [1.82, 2.24) is 4.98 Å². The Bertz CT molecular complexity index is 667. The lowest BCUT2D eigenvalue weighted by Crippen LogP contribution is -2.14. The molecule has 0 saturated carbocycles. The van der Waals surface area contributed by atoms with Gasteiger partial charge < -0.3 is 5.32 Å². The molecule has 0 aliphatic heterocycles. The van der Waals surface area contributed by atoms with Gasteiger partial charge in [0.1, 0.15) is 0 Å². The zero-order chi connectivity index (χ0) is 14.7. The van der Waals surface area contributed by atoms with E-state index in [1.807, 2.05) is 26.0 Å². The van der Waals surface area contributed by atoms with Gasteiger partial charge in [-0.15, -0.1) is 6.58 Å². The lowest BCUT2D eigenvalue weighted by molar-refractivity contribution is -0.384. The van der Waals surface area contributed by atoms with Gasteiger partial charge in [0.15, 0.2) is 0 Å². The number of aromatic nitrogens is 1. The molecule has 1 aromatic heterocycles. The highest BCUT2D eigenvalue weighted by Crippen LogP contribution is 2.27. The van der Waals surface area contributed by atoms with E-state index in [-0.39, 0.29) is 11.7 Å². The van der Waals surface area contributed by atoms with Crippen molar-refractivity contribution in [1.29, 1.82) is 0 Å². The molecule has 1 unspecified atom stereocenters. The van der Waals surface area contributed by atoms with Crippen LogP contribution in [0.15, 0.2) is 36.9 Å². The zero-order valence-electron chi connectivity index (χ0n) is 11.6. The minimum atomic E-state index is -0.393. The molecule has 5 heteroatoms. The SMILES string of the molecule is C=CCC(C)Nc1cc(C)nc2ccc([N+](=O)[O-])cc12. The van der Waals surface area contributed by atoms with Crippen molar-refractivity contribution in [3.05, 3.63) is 52.7 Å². The Morgan fingerprint density at radius 2 is 2.25 bits per heavy atom. The second-order valence-electron chi connectivity index (χ2n) is 4.84. The van der Waals surface area contributed by atoms with Crippen molar-refractivity contribution < 1.29 is 4.92 Å². The predicted molar refractivity (Wildman–Crippen MR) is 81.0 cm³/mol. The van der Waals surface area contributed by atoms with Gasteiger partial charge in [0.25, 0.3) is 5.69 Å². The maximum atomic E-state index is 10.9. The van der Waals surface area contributed by atoms with Gasteiger partial charge in [0.05, 0.1) is 10.4 Å². The molecule has 2 aromatic rings. The van der Waals surface area contributed by atoms with Gasteiger partial charge in [-0.2, -0.15) is 0 Å². The van der Waals surface area contributed by atoms with Gasteiger partial charge >= 0.3 is 0 Å². The van der Waals surface area contributed by atoms with Crippen LogP contribution in [-0.2, 0) is 0 Å². The highest BCUT2D eigenvalue weighted by atomic mass is 16.6. The number of hydrogen-bond donors (Lipinski definition) is 1. The van der Waals surface area contributed by atoms with E-state index in [9.17, 15) is 10.1 Å². The van der Waals surface area contributed by atoms with Crippen molar-refractivity contribution in [3.63, 3.8) is 0 Å². The van der Waals surface area contributed by atoms with Gasteiger partial charge in [0, 0.05) is 34.9 Å². The Labute approximate surface area is 117 Å². The molecule has 0 spiro atoms. The number of rotatable bonds is 5. The average Bonchev–Trinajstić information content (AvgIpc) is 2.38. The molecule has 0 bridgehead atoms. The summed E-state index contributed by atoms with van der Waals surface area (Å²) in [4.78, 5) is 14.9. The Hall–Kier alpha value is -2.43. The van der Waals surface area contributed by atoms with Gasteiger partial charge in [-0.05, 0) is 32.4 Å². The summed E-state index contributed by atoms with van der Waals surface area (Å²) in [7, 11) is 0. The number of fused-ring (bicyclic) bond motifs is 1. The number of benzene rings is 1. The molecule has 1 aromatic carbocycles. The number of nitro benzene ring substituents is 1. The standard InChI is InChI=1S/C15H17N3O2/c1-4-5-10(2)16-15-8-11(3)17-14-7-6-12(18(19)20)9-13(14)15/h4,6-10H,1,5H2,2-3H3,(H,16,17). The number of nitrogens with zero attached hydrogens (tertiary/aromatic N) is 2. The Balaban J connectivity index is 2.52. The van der Waals surface area contributed by atoms with Crippen LogP contribution in [0.3, 0.4) is 0 Å². The van der Waals surface area contributed by atoms with Crippen molar-refractivity contribution >= 4 is 22.3 Å². The summed E-state index contributed by atoms with van der Waals surface area (Å²) >= 11 is 0. The van der Waals surface area contributed by atoms with Gasteiger partial charge in [-0.3, -0.25) is 15.1 Å². The first-order valence-electron chi connectivity index (χ1n) is 6.44. The first kappa shape index (κ1) is 14.0. The second-order valence-corrected chi connectivity index (χ2v) is 4.84. The summed E-state index contributed by atoms with van der Waals surface area (Å²) in [6, 6.07) is 6.84. The maximum absolute atomic E-state index is 10.9. The number of nitrogens with one attached hydrogen (secondary N) is 1. The Morgan fingerprint density at radius 1 is 1.50 bits per heavy atom. The number of nitro groups is 1. The normalized spacial score (nSPS) is 12.1. The van der Waals surface area contributed by atoms with Gasteiger partial charge in [-0.1, -0.05) is 6.08 Å². The maximum Gasteiger partial charge on any atom is 0.270 e. The third-order valence-electron chi connectivity index (χ3n) is 3.05. The molecule has 0 aliphatic carbocycles. The van der Waals surface area contributed by atoms with E-state index in [0.717, 1.165) is 28.7 Å². The molecule has 0 saturated heterocycles. The number of hydrogen-bond acceptors (Lipinski definition) is 4. The van der Waals surface area contributed by atoms with Crippen LogP contribution in [0.5, 0.6) is 0 Å². The smallest absolute Gasteiger partial charge is 0.270 e. The van der Waals surface area contributed by atoms with E-state index in [0.29, 0.717) is 0 Å². The van der Waals surface area contributed by atoms with Crippen LogP contribution in [0.1, 0.15) is 19.0 Å². The van der Waals surface area contributed by atoms with Crippen molar-refractivity contribution in [2.75, 3.05) is 5.32 Å². The Morgan fingerprint density at radius 3 is 2.90 bits per heavy atom. The predicted octanol–water partition coefficient (Wildman–Crippen LogP) is 3.83. The van der Waals surface area contributed by atoms with E-state index in [4.69, 9.17) is 0 Å². The topological polar surface area (TPSA) is 68.1 Å². The molecule has 104 valence electrons. The number of aryl methyl sites for hydroxylation is 1.